The molecule has 2 heteroatoms. The smallest absolute Gasteiger partial charge is 0.102 e. The van der Waals surface area contributed by atoms with Gasteiger partial charge in [0, 0.05) is 25.1 Å². The molecule has 3 aromatic carbocycles. The van der Waals surface area contributed by atoms with Gasteiger partial charge >= 0.3 is 0 Å². The van der Waals surface area contributed by atoms with E-state index in [1.165, 1.54) is 44.3 Å². The second kappa shape index (κ2) is 5.13. The summed E-state index contributed by atoms with van der Waals surface area (Å²) in [6.45, 7) is 4.48. The molecule has 1 aliphatic heterocycles. The van der Waals surface area contributed by atoms with Crippen molar-refractivity contribution in [3.8, 4) is 11.1 Å². The Kier molecular flexibility index (Phi) is 2.99. The van der Waals surface area contributed by atoms with Crippen molar-refractivity contribution < 1.29 is 0 Å². The van der Waals surface area contributed by atoms with Crippen LogP contribution in [0.4, 0.5) is 5.69 Å². The summed E-state index contributed by atoms with van der Waals surface area (Å²) in [5.74, 6) is 0. The second-order valence-corrected chi connectivity index (χ2v) is 7.30. The highest BCUT2D eigenvalue weighted by Gasteiger charge is 2.26. The first-order valence-corrected chi connectivity index (χ1v) is 8.96. The van der Waals surface area contributed by atoms with Crippen molar-refractivity contribution in [3.63, 3.8) is 0 Å². The molecule has 25 heavy (non-hydrogen) atoms. The fourth-order valence-electron chi connectivity index (χ4n) is 4.29. The van der Waals surface area contributed by atoms with E-state index in [4.69, 9.17) is 0 Å². The van der Waals surface area contributed by atoms with Crippen LogP contribution in [0, 0.1) is 6.92 Å². The van der Waals surface area contributed by atoms with Crippen LogP contribution in [0.2, 0.25) is 0 Å². The molecular weight excluding hydrogens is 304 g/mol. The third kappa shape index (κ3) is 2.03. The van der Waals surface area contributed by atoms with Gasteiger partial charge in [-0.05, 0) is 71.0 Å². The van der Waals surface area contributed by atoms with E-state index in [0.717, 1.165) is 6.42 Å². The lowest BCUT2D eigenvalue weighted by Gasteiger charge is -2.29. The van der Waals surface area contributed by atoms with Crippen LogP contribution in [0.3, 0.4) is 0 Å². The van der Waals surface area contributed by atoms with Gasteiger partial charge in [-0.15, -0.1) is 0 Å². The molecule has 3 aromatic rings. The Bertz CT molecular complexity index is 1030. The van der Waals surface area contributed by atoms with E-state index in [-0.39, 0.29) is 0 Å². The van der Waals surface area contributed by atoms with Gasteiger partial charge < -0.3 is 9.80 Å². The SMILES string of the molecule is Cc1cc2c(cc1N1C=CN(C)[C@@H]1C)Cc1ccc3ccccc3c1-2. The Morgan fingerprint density at radius 1 is 0.960 bits per heavy atom. The molecule has 0 fully saturated rings. The van der Waals surface area contributed by atoms with Gasteiger partial charge in [0.25, 0.3) is 0 Å². The Morgan fingerprint density at radius 2 is 1.80 bits per heavy atom. The maximum atomic E-state index is 2.40. The van der Waals surface area contributed by atoms with Crippen LogP contribution >= 0.6 is 0 Å². The molecule has 5 rings (SSSR count). The number of hydrogen-bond acceptors (Lipinski definition) is 2. The number of nitrogens with zero attached hydrogens (tertiary/aromatic N) is 2. The van der Waals surface area contributed by atoms with Crippen LogP contribution in [0.5, 0.6) is 0 Å². The van der Waals surface area contributed by atoms with Gasteiger partial charge in [0.05, 0.1) is 0 Å². The average molecular weight is 326 g/mol. The van der Waals surface area contributed by atoms with Gasteiger partial charge in [0.15, 0.2) is 0 Å². The maximum absolute atomic E-state index is 2.40. The molecule has 1 heterocycles. The average Bonchev–Trinajstić information content (AvgIpc) is 3.14. The van der Waals surface area contributed by atoms with Gasteiger partial charge in [-0.1, -0.05) is 36.4 Å². The van der Waals surface area contributed by atoms with Crippen molar-refractivity contribution in [2.24, 2.45) is 0 Å². The first kappa shape index (κ1) is 14.6. The van der Waals surface area contributed by atoms with E-state index in [0.29, 0.717) is 6.17 Å². The third-order valence-electron chi connectivity index (χ3n) is 5.82. The van der Waals surface area contributed by atoms with Gasteiger partial charge in [-0.3, -0.25) is 0 Å². The molecule has 0 radical (unpaired) electrons. The summed E-state index contributed by atoms with van der Waals surface area (Å²) in [5, 5.41) is 2.70. The van der Waals surface area contributed by atoms with Crippen molar-refractivity contribution in [1.29, 1.82) is 0 Å². The molecule has 124 valence electrons. The Balaban J connectivity index is 1.69. The number of hydrogen-bond donors (Lipinski definition) is 0. The standard InChI is InChI=1S/C23H22N2/c1-15-12-21-19(14-22(15)25-11-10-24(3)16(25)2)13-18-9-8-17-6-4-5-7-20(17)23(18)21/h4-12,14,16H,13H2,1-3H3/t16-/m0/s1. The maximum Gasteiger partial charge on any atom is 0.102 e. The predicted octanol–water partition coefficient (Wildman–Crippen LogP) is 5.29. The summed E-state index contributed by atoms with van der Waals surface area (Å²) in [7, 11) is 2.13. The summed E-state index contributed by atoms with van der Waals surface area (Å²) in [4.78, 5) is 4.62. The van der Waals surface area contributed by atoms with E-state index in [1.807, 2.05) is 0 Å². The molecular formula is C23H22N2. The number of rotatable bonds is 1. The predicted molar refractivity (Wildman–Crippen MR) is 106 cm³/mol. The van der Waals surface area contributed by atoms with E-state index < -0.39 is 0 Å². The molecule has 0 saturated heterocycles. The lowest BCUT2D eigenvalue weighted by Crippen LogP contribution is -2.33. The topological polar surface area (TPSA) is 6.48 Å². The van der Waals surface area contributed by atoms with E-state index in [1.54, 1.807) is 0 Å². The van der Waals surface area contributed by atoms with Crippen molar-refractivity contribution in [2.45, 2.75) is 26.4 Å². The van der Waals surface area contributed by atoms with Gasteiger partial charge in [0.1, 0.15) is 6.17 Å². The van der Waals surface area contributed by atoms with E-state index in [9.17, 15) is 0 Å². The van der Waals surface area contributed by atoms with Crippen LogP contribution < -0.4 is 4.90 Å². The first-order chi connectivity index (χ1) is 12.1. The summed E-state index contributed by atoms with van der Waals surface area (Å²) in [6.07, 6.45) is 5.74. The molecule has 0 bridgehead atoms. The van der Waals surface area contributed by atoms with Crippen LogP contribution in [0.15, 0.2) is 60.9 Å². The Morgan fingerprint density at radius 3 is 2.60 bits per heavy atom. The minimum atomic E-state index is 0.362. The Hall–Kier alpha value is -2.74. The number of aryl methyl sites for hydroxylation is 1. The summed E-state index contributed by atoms with van der Waals surface area (Å²) in [5.41, 5.74) is 8.41. The molecule has 0 aromatic heterocycles. The van der Waals surface area contributed by atoms with E-state index >= 15 is 0 Å². The van der Waals surface area contributed by atoms with Crippen LogP contribution in [0.1, 0.15) is 23.6 Å². The number of benzene rings is 3. The highest BCUT2D eigenvalue weighted by atomic mass is 15.4. The van der Waals surface area contributed by atoms with Crippen molar-refractivity contribution in [2.75, 3.05) is 11.9 Å². The number of fused-ring (bicyclic) bond motifs is 5. The lowest BCUT2D eigenvalue weighted by atomic mass is 9.96. The third-order valence-corrected chi connectivity index (χ3v) is 5.82. The molecule has 2 nitrogen and oxygen atoms in total. The quantitative estimate of drug-likeness (QED) is 0.469. The summed E-state index contributed by atoms with van der Waals surface area (Å²) >= 11 is 0. The highest BCUT2D eigenvalue weighted by molar-refractivity contribution is 6.01. The van der Waals surface area contributed by atoms with Crippen LogP contribution in [0.25, 0.3) is 21.9 Å². The molecule has 1 atom stereocenters. The van der Waals surface area contributed by atoms with Crippen molar-refractivity contribution >= 4 is 16.5 Å². The normalized spacial score (nSPS) is 18.1. The van der Waals surface area contributed by atoms with Gasteiger partial charge in [0.2, 0.25) is 0 Å². The zero-order chi connectivity index (χ0) is 17.1. The van der Waals surface area contributed by atoms with Gasteiger partial charge in [-0.2, -0.15) is 0 Å². The monoisotopic (exact) mass is 326 g/mol. The summed E-state index contributed by atoms with van der Waals surface area (Å²) < 4.78 is 0. The second-order valence-electron chi connectivity index (χ2n) is 7.30. The first-order valence-electron chi connectivity index (χ1n) is 8.96. The molecule has 2 aliphatic rings. The molecule has 0 spiro atoms. The zero-order valence-electron chi connectivity index (χ0n) is 15.0. The van der Waals surface area contributed by atoms with Gasteiger partial charge in [-0.25, -0.2) is 0 Å². The van der Waals surface area contributed by atoms with Crippen molar-refractivity contribution in [3.05, 3.63) is 77.6 Å². The molecule has 0 saturated carbocycles. The fraction of sp³-hybridized carbons (Fsp3) is 0.217. The highest BCUT2D eigenvalue weighted by Crippen LogP contribution is 2.44. The molecule has 0 N–H and O–H groups in total. The molecule has 0 unspecified atom stereocenters. The minimum Gasteiger partial charge on any atom is -0.359 e. The van der Waals surface area contributed by atoms with Crippen LogP contribution in [-0.4, -0.2) is 18.1 Å². The zero-order valence-corrected chi connectivity index (χ0v) is 15.0. The Labute approximate surface area is 149 Å². The largest absolute Gasteiger partial charge is 0.359 e. The molecule has 1 aliphatic carbocycles. The summed E-state index contributed by atoms with van der Waals surface area (Å²) in [6, 6.07) is 18.1. The molecule has 0 amide bonds. The van der Waals surface area contributed by atoms with Crippen LogP contribution in [-0.2, 0) is 6.42 Å². The van der Waals surface area contributed by atoms with E-state index in [2.05, 4.69) is 91.6 Å². The lowest BCUT2D eigenvalue weighted by molar-refractivity contribution is 0.383. The van der Waals surface area contributed by atoms with Crippen molar-refractivity contribution in [1.82, 2.24) is 4.90 Å². The minimum absolute atomic E-state index is 0.362. The number of anilines is 1. The fourth-order valence-corrected chi connectivity index (χ4v) is 4.29.